The molecule has 2 rings (SSSR count). The van der Waals surface area contributed by atoms with E-state index in [1.165, 1.54) is 30.2 Å². The van der Waals surface area contributed by atoms with Crippen LogP contribution in [0.1, 0.15) is 17.3 Å². The van der Waals surface area contributed by atoms with Crippen LogP contribution < -0.4 is 9.64 Å². The van der Waals surface area contributed by atoms with Crippen molar-refractivity contribution >= 4 is 11.6 Å². The van der Waals surface area contributed by atoms with Gasteiger partial charge in [0.25, 0.3) is 5.91 Å². The molecule has 22 heavy (non-hydrogen) atoms. The van der Waals surface area contributed by atoms with Gasteiger partial charge in [-0.1, -0.05) is 0 Å². The molecule has 0 heterocycles. The van der Waals surface area contributed by atoms with Crippen LogP contribution in [0.2, 0.25) is 0 Å². The number of anilines is 1. The fourth-order valence-electron chi connectivity index (χ4n) is 2.09. The number of ether oxygens (including phenoxy) is 1. The predicted octanol–water partition coefficient (Wildman–Crippen LogP) is 3.78. The van der Waals surface area contributed by atoms with Crippen LogP contribution in [0.25, 0.3) is 0 Å². The van der Waals surface area contributed by atoms with E-state index in [1.807, 2.05) is 0 Å². The van der Waals surface area contributed by atoms with Gasteiger partial charge < -0.3 is 9.64 Å². The van der Waals surface area contributed by atoms with Gasteiger partial charge in [-0.3, -0.25) is 4.79 Å². The van der Waals surface area contributed by atoms with Gasteiger partial charge in [-0.15, -0.1) is 0 Å². The van der Waals surface area contributed by atoms with Crippen LogP contribution in [0.15, 0.2) is 36.4 Å². The van der Waals surface area contributed by atoms with Crippen LogP contribution in [-0.2, 0) is 0 Å². The Balaban J connectivity index is 2.45. The first-order chi connectivity index (χ1) is 10.5. The molecule has 3 nitrogen and oxygen atoms in total. The first-order valence-corrected chi connectivity index (χ1v) is 6.58. The van der Waals surface area contributed by atoms with Crippen molar-refractivity contribution in [2.24, 2.45) is 0 Å². The van der Waals surface area contributed by atoms with Gasteiger partial charge in [-0.05, 0) is 37.3 Å². The summed E-state index contributed by atoms with van der Waals surface area (Å²) in [7, 11) is 1.36. The summed E-state index contributed by atoms with van der Waals surface area (Å²) in [6.45, 7) is 1.87. The Labute approximate surface area is 125 Å². The molecule has 0 aromatic heterocycles. The van der Waals surface area contributed by atoms with Crippen molar-refractivity contribution in [2.45, 2.75) is 6.92 Å². The zero-order valence-corrected chi connectivity index (χ0v) is 12.1. The maximum absolute atomic E-state index is 13.4. The molecule has 6 heteroatoms. The Morgan fingerprint density at radius 2 is 1.82 bits per heavy atom. The van der Waals surface area contributed by atoms with Crippen molar-refractivity contribution in [3.8, 4) is 5.75 Å². The maximum atomic E-state index is 13.4. The van der Waals surface area contributed by atoms with E-state index in [2.05, 4.69) is 0 Å². The molecule has 0 bridgehead atoms. The molecule has 0 saturated carbocycles. The summed E-state index contributed by atoms with van der Waals surface area (Å²) >= 11 is 0. The van der Waals surface area contributed by atoms with E-state index in [4.69, 9.17) is 4.74 Å². The Morgan fingerprint density at radius 3 is 2.41 bits per heavy atom. The van der Waals surface area contributed by atoms with E-state index < -0.39 is 23.4 Å². The average molecular weight is 309 g/mol. The predicted molar refractivity (Wildman–Crippen MR) is 76.7 cm³/mol. The summed E-state index contributed by atoms with van der Waals surface area (Å²) in [6.07, 6.45) is 0. The SMILES string of the molecule is CCN(C(=O)c1cc(F)ccc1OC)c1ccc(F)c(F)c1. The monoisotopic (exact) mass is 309 g/mol. The molecule has 0 radical (unpaired) electrons. The molecule has 0 spiro atoms. The van der Waals surface area contributed by atoms with Crippen LogP contribution in [0.3, 0.4) is 0 Å². The fourth-order valence-corrected chi connectivity index (χ4v) is 2.09. The molecule has 0 fully saturated rings. The Hall–Kier alpha value is -2.50. The topological polar surface area (TPSA) is 29.5 Å². The number of rotatable bonds is 4. The lowest BCUT2D eigenvalue weighted by molar-refractivity contribution is 0.0985. The van der Waals surface area contributed by atoms with E-state index in [0.717, 1.165) is 18.2 Å². The molecule has 0 aliphatic carbocycles. The molecule has 116 valence electrons. The molecule has 0 atom stereocenters. The van der Waals surface area contributed by atoms with Crippen molar-refractivity contribution in [2.75, 3.05) is 18.6 Å². The van der Waals surface area contributed by atoms with Crippen molar-refractivity contribution in [1.82, 2.24) is 0 Å². The number of nitrogens with zero attached hydrogens (tertiary/aromatic N) is 1. The first kappa shape index (κ1) is 15.9. The lowest BCUT2D eigenvalue weighted by Gasteiger charge is -2.22. The zero-order valence-electron chi connectivity index (χ0n) is 12.1. The lowest BCUT2D eigenvalue weighted by Crippen LogP contribution is -2.31. The van der Waals surface area contributed by atoms with Crippen molar-refractivity contribution < 1.29 is 22.7 Å². The van der Waals surface area contributed by atoms with Gasteiger partial charge in [0, 0.05) is 18.3 Å². The summed E-state index contributed by atoms with van der Waals surface area (Å²) in [5.74, 6) is -3.02. The quantitative estimate of drug-likeness (QED) is 0.860. The lowest BCUT2D eigenvalue weighted by atomic mass is 10.1. The third-order valence-electron chi connectivity index (χ3n) is 3.17. The second-order valence-electron chi connectivity index (χ2n) is 4.49. The summed E-state index contributed by atoms with van der Waals surface area (Å²) in [5.41, 5.74) is 0.187. The Bertz CT molecular complexity index is 704. The number of benzene rings is 2. The second kappa shape index (κ2) is 6.51. The fraction of sp³-hybridized carbons (Fsp3) is 0.188. The Morgan fingerprint density at radius 1 is 1.09 bits per heavy atom. The molecule has 0 aliphatic heterocycles. The van der Waals surface area contributed by atoms with E-state index in [0.29, 0.717) is 0 Å². The van der Waals surface area contributed by atoms with Crippen LogP contribution in [-0.4, -0.2) is 19.6 Å². The molecule has 0 unspecified atom stereocenters. The molecular formula is C16H14F3NO2. The average Bonchev–Trinajstić information content (AvgIpc) is 2.51. The molecule has 2 aromatic rings. The molecule has 1 amide bonds. The van der Waals surface area contributed by atoms with Gasteiger partial charge in [0.1, 0.15) is 11.6 Å². The maximum Gasteiger partial charge on any atom is 0.262 e. The summed E-state index contributed by atoms with van der Waals surface area (Å²) in [6, 6.07) is 6.69. The van der Waals surface area contributed by atoms with E-state index in [9.17, 15) is 18.0 Å². The van der Waals surface area contributed by atoms with Gasteiger partial charge >= 0.3 is 0 Å². The number of carbonyl (C=O) groups excluding carboxylic acids is 1. The molecule has 0 saturated heterocycles. The number of carbonyl (C=O) groups is 1. The number of hydrogen-bond donors (Lipinski definition) is 0. The summed E-state index contributed by atoms with van der Waals surface area (Å²) in [5, 5.41) is 0. The minimum absolute atomic E-state index is 0.00841. The minimum atomic E-state index is -1.06. The number of amides is 1. The van der Waals surface area contributed by atoms with Gasteiger partial charge in [-0.25, -0.2) is 13.2 Å². The summed E-state index contributed by atoms with van der Waals surface area (Å²) in [4.78, 5) is 13.8. The standard InChI is InChI=1S/C16H14F3NO2/c1-3-20(11-5-6-13(18)14(19)9-11)16(21)12-8-10(17)4-7-15(12)22-2/h4-9H,3H2,1-2H3. The van der Waals surface area contributed by atoms with Crippen molar-refractivity contribution in [3.05, 3.63) is 59.4 Å². The highest BCUT2D eigenvalue weighted by atomic mass is 19.2. The van der Waals surface area contributed by atoms with Crippen molar-refractivity contribution in [1.29, 1.82) is 0 Å². The third kappa shape index (κ3) is 3.05. The highest BCUT2D eigenvalue weighted by Gasteiger charge is 2.21. The van der Waals surface area contributed by atoms with Gasteiger partial charge in [0.05, 0.1) is 12.7 Å². The number of methoxy groups -OCH3 is 1. The van der Waals surface area contributed by atoms with Gasteiger partial charge in [0.15, 0.2) is 11.6 Å². The van der Waals surface area contributed by atoms with Crippen LogP contribution >= 0.6 is 0 Å². The van der Waals surface area contributed by atoms with Gasteiger partial charge in [-0.2, -0.15) is 0 Å². The third-order valence-corrected chi connectivity index (χ3v) is 3.17. The van der Waals surface area contributed by atoms with E-state index in [1.54, 1.807) is 6.92 Å². The van der Waals surface area contributed by atoms with Gasteiger partial charge in [0.2, 0.25) is 0 Å². The first-order valence-electron chi connectivity index (χ1n) is 6.58. The van der Waals surface area contributed by atoms with Crippen LogP contribution in [0, 0.1) is 17.5 Å². The normalized spacial score (nSPS) is 10.4. The highest BCUT2D eigenvalue weighted by Crippen LogP contribution is 2.25. The minimum Gasteiger partial charge on any atom is -0.496 e. The smallest absolute Gasteiger partial charge is 0.262 e. The van der Waals surface area contributed by atoms with E-state index in [-0.39, 0.29) is 23.5 Å². The summed E-state index contributed by atoms with van der Waals surface area (Å²) < 4.78 is 44.8. The second-order valence-corrected chi connectivity index (χ2v) is 4.49. The van der Waals surface area contributed by atoms with E-state index >= 15 is 0 Å². The zero-order chi connectivity index (χ0) is 16.3. The Kier molecular flexibility index (Phi) is 4.70. The number of halogens is 3. The van der Waals surface area contributed by atoms with Crippen molar-refractivity contribution in [3.63, 3.8) is 0 Å². The molecular weight excluding hydrogens is 295 g/mol. The molecule has 0 N–H and O–H groups in total. The largest absolute Gasteiger partial charge is 0.496 e. The number of hydrogen-bond acceptors (Lipinski definition) is 2. The van der Waals surface area contributed by atoms with Crippen LogP contribution in [0.4, 0.5) is 18.9 Å². The molecule has 0 aliphatic rings. The van der Waals surface area contributed by atoms with Crippen LogP contribution in [0.5, 0.6) is 5.75 Å². The molecule has 2 aromatic carbocycles. The highest BCUT2D eigenvalue weighted by molar-refractivity contribution is 6.07.